The number of hydrogen-bond acceptors (Lipinski definition) is 7. The highest BCUT2D eigenvalue weighted by molar-refractivity contribution is 5.96. The lowest BCUT2D eigenvalue weighted by Crippen LogP contribution is -2.25. The van der Waals surface area contributed by atoms with Gasteiger partial charge in [-0.3, -0.25) is 4.90 Å². The van der Waals surface area contributed by atoms with E-state index in [1.807, 2.05) is 0 Å². The second-order valence-electron chi connectivity index (χ2n) is 5.85. The highest BCUT2D eigenvalue weighted by Crippen LogP contribution is 2.33. The van der Waals surface area contributed by atoms with Crippen molar-refractivity contribution >= 4 is 11.7 Å². The summed E-state index contributed by atoms with van der Waals surface area (Å²) in [4.78, 5) is 14.4. The van der Waals surface area contributed by atoms with Gasteiger partial charge in [-0.05, 0) is 32.9 Å². The van der Waals surface area contributed by atoms with Crippen molar-refractivity contribution in [2.24, 2.45) is 0 Å². The maximum Gasteiger partial charge on any atom is 0.340 e. The first-order chi connectivity index (χ1) is 12.2. The fourth-order valence-electron chi connectivity index (χ4n) is 2.71. The third-order valence-corrected chi connectivity index (χ3v) is 4.02. The Morgan fingerprint density at radius 3 is 2.48 bits per heavy atom. The maximum atomic E-state index is 12.0. The number of carbonyl (C=O) groups excluding carboxylic acids is 1. The Labute approximate surface area is 149 Å². The van der Waals surface area contributed by atoms with Gasteiger partial charge in [-0.15, -0.1) is 0 Å². The minimum absolute atomic E-state index is 0.279. The summed E-state index contributed by atoms with van der Waals surface area (Å²) in [6.07, 6.45) is 2.49. The predicted octanol–water partition coefficient (Wildman–Crippen LogP) is 1.95. The Bertz CT molecular complexity index is 559. The van der Waals surface area contributed by atoms with Crippen LogP contribution in [0, 0.1) is 0 Å². The summed E-state index contributed by atoms with van der Waals surface area (Å²) in [7, 11) is 1.60. The highest BCUT2D eigenvalue weighted by atomic mass is 16.5. The van der Waals surface area contributed by atoms with E-state index in [9.17, 15) is 4.79 Å². The van der Waals surface area contributed by atoms with E-state index in [0.717, 1.165) is 19.6 Å². The van der Waals surface area contributed by atoms with Gasteiger partial charge in [0.15, 0.2) is 11.5 Å². The maximum absolute atomic E-state index is 12.0. The van der Waals surface area contributed by atoms with Crippen molar-refractivity contribution in [3.05, 3.63) is 17.7 Å². The molecule has 0 atom stereocenters. The van der Waals surface area contributed by atoms with Gasteiger partial charge in [0.2, 0.25) is 0 Å². The van der Waals surface area contributed by atoms with E-state index >= 15 is 0 Å². The Hall–Kier alpha value is -1.99. The highest BCUT2D eigenvalue weighted by Gasteiger charge is 2.18. The number of nitrogens with two attached hydrogens (primary N) is 1. The molecule has 7 heteroatoms. The zero-order chi connectivity index (χ0) is 18.1. The van der Waals surface area contributed by atoms with E-state index in [1.54, 1.807) is 26.2 Å². The molecule has 0 spiro atoms. The molecular formula is C18H28N2O5. The third kappa shape index (κ3) is 5.79. The first-order valence-electron chi connectivity index (χ1n) is 8.73. The first-order valence-corrected chi connectivity index (χ1v) is 8.73. The van der Waals surface area contributed by atoms with Crippen molar-refractivity contribution in [1.82, 2.24) is 4.90 Å². The summed E-state index contributed by atoms with van der Waals surface area (Å²) in [5.41, 5.74) is 6.59. The summed E-state index contributed by atoms with van der Waals surface area (Å²) in [6, 6.07) is 3.20. The lowest BCUT2D eigenvalue weighted by atomic mass is 10.1. The summed E-state index contributed by atoms with van der Waals surface area (Å²) < 4.78 is 21.6. The molecular weight excluding hydrogens is 324 g/mol. The average Bonchev–Trinajstić information content (AvgIpc) is 3.10. The number of ether oxygens (including phenoxy) is 4. The fourth-order valence-corrected chi connectivity index (χ4v) is 2.71. The standard InChI is InChI=1S/C18H28N2O5/c1-3-23-18(21)14-12-16(25-11-10-22-2)17(13-15(14)19)24-9-8-20-6-4-5-7-20/h12-13H,3-11,19H2,1-2H3. The number of hydrogen-bond donors (Lipinski definition) is 1. The predicted molar refractivity (Wildman–Crippen MR) is 95.4 cm³/mol. The molecule has 0 aliphatic carbocycles. The van der Waals surface area contributed by atoms with Crippen molar-refractivity contribution in [2.75, 3.05) is 58.9 Å². The van der Waals surface area contributed by atoms with Crippen molar-refractivity contribution in [3.8, 4) is 11.5 Å². The lowest BCUT2D eigenvalue weighted by Gasteiger charge is -2.18. The van der Waals surface area contributed by atoms with Gasteiger partial charge in [-0.2, -0.15) is 0 Å². The minimum atomic E-state index is -0.472. The average molecular weight is 352 g/mol. The smallest absolute Gasteiger partial charge is 0.340 e. The van der Waals surface area contributed by atoms with E-state index in [1.165, 1.54) is 12.8 Å². The lowest BCUT2D eigenvalue weighted by molar-refractivity contribution is 0.0527. The molecule has 2 N–H and O–H groups in total. The van der Waals surface area contributed by atoms with Crippen molar-refractivity contribution in [1.29, 1.82) is 0 Å². The molecule has 1 aliphatic heterocycles. The number of carbonyl (C=O) groups is 1. The molecule has 140 valence electrons. The Balaban J connectivity index is 2.08. The van der Waals surface area contributed by atoms with Crippen LogP contribution in [0.15, 0.2) is 12.1 Å². The van der Waals surface area contributed by atoms with Gasteiger partial charge in [-0.1, -0.05) is 0 Å². The molecule has 0 amide bonds. The Morgan fingerprint density at radius 1 is 1.12 bits per heavy atom. The Kier molecular flexibility index (Phi) is 7.81. The number of likely N-dealkylation sites (tertiary alicyclic amines) is 1. The monoisotopic (exact) mass is 352 g/mol. The topological polar surface area (TPSA) is 83.3 Å². The van der Waals surface area contributed by atoms with Crippen LogP contribution in [0.5, 0.6) is 11.5 Å². The number of nitrogen functional groups attached to an aromatic ring is 1. The zero-order valence-electron chi connectivity index (χ0n) is 15.1. The van der Waals surface area contributed by atoms with Gasteiger partial charge >= 0.3 is 5.97 Å². The molecule has 25 heavy (non-hydrogen) atoms. The first kappa shape index (κ1) is 19.3. The second kappa shape index (κ2) is 10.1. The minimum Gasteiger partial charge on any atom is -0.488 e. The van der Waals surface area contributed by atoms with Crippen LogP contribution in [0.1, 0.15) is 30.1 Å². The molecule has 1 saturated heterocycles. The molecule has 1 aliphatic rings. The van der Waals surface area contributed by atoms with E-state index < -0.39 is 5.97 Å². The van der Waals surface area contributed by atoms with Crippen molar-refractivity contribution in [3.63, 3.8) is 0 Å². The van der Waals surface area contributed by atoms with Crippen LogP contribution in [0.2, 0.25) is 0 Å². The molecule has 0 bridgehead atoms. The Morgan fingerprint density at radius 2 is 1.80 bits per heavy atom. The molecule has 2 rings (SSSR count). The number of anilines is 1. The SMILES string of the molecule is CCOC(=O)c1cc(OCCOC)c(OCCN2CCCC2)cc1N. The molecule has 0 aromatic heterocycles. The molecule has 7 nitrogen and oxygen atoms in total. The molecule has 0 radical (unpaired) electrons. The largest absolute Gasteiger partial charge is 0.488 e. The van der Waals surface area contributed by atoms with Crippen LogP contribution >= 0.6 is 0 Å². The fraction of sp³-hybridized carbons (Fsp3) is 0.611. The molecule has 0 unspecified atom stereocenters. The van der Waals surface area contributed by atoms with Crippen LogP contribution in [0.4, 0.5) is 5.69 Å². The summed E-state index contributed by atoms with van der Waals surface area (Å²) in [5, 5.41) is 0. The molecule has 0 saturated carbocycles. The summed E-state index contributed by atoms with van der Waals surface area (Å²) in [6.45, 7) is 6.45. The van der Waals surface area contributed by atoms with Gasteiger partial charge in [0.05, 0.1) is 24.5 Å². The third-order valence-electron chi connectivity index (χ3n) is 4.02. The van der Waals surface area contributed by atoms with Gasteiger partial charge < -0.3 is 24.7 Å². The van der Waals surface area contributed by atoms with Crippen LogP contribution in [0.3, 0.4) is 0 Å². The number of nitrogens with zero attached hydrogens (tertiary/aromatic N) is 1. The zero-order valence-corrected chi connectivity index (χ0v) is 15.1. The van der Waals surface area contributed by atoms with Crippen LogP contribution in [-0.2, 0) is 9.47 Å². The molecule has 1 fully saturated rings. The number of methoxy groups -OCH3 is 1. The van der Waals surface area contributed by atoms with Crippen molar-refractivity contribution < 1.29 is 23.7 Å². The van der Waals surface area contributed by atoms with Gasteiger partial charge in [-0.25, -0.2) is 4.79 Å². The van der Waals surface area contributed by atoms with Crippen LogP contribution < -0.4 is 15.2 Å². The van der Waals surface area contributed by atoms with Gasteiger partial charge in [0.25, 0.3) is 0 Å². The number of esters is 1. The number of benzene rings is 1. The van der Waals surface area contributed by atoms with Crippen LogP contribution in [-0.4, -0.2) is 64.0 Å². The van der Waals surface area contributed by atoms with Gasteiger partial charge in [0.1, 0.15) is 13.2 Å². The van der Waals surface area contributed by atoms with E-state index in [-0.39, 0.29) is 12.2 Å². The number of rotatable bonds is 10. The summed E-state index contributed by atoms with van der Waals surface area (Å²) >= 11 is 0. The summed E-state index contributed by atoms with van der Waals surface area (Å²) in [5.74, 6) is 0.525. The second-order valence-corrected chi connectivity index (χ2v) is 5.85. The normalized spacial score (nSPS) is 14.5. The van der Waals surface area contributed by atoms with E-state index in [0.29, 0.717) is 37.0 Å². The van der Waals surface area contributed by atoms with E-state index in [4.69, 9.17) is 24.7 Å². The quantitative estimate of drug-likeness (QED) is 0.391. The van der Waals surface area contributed by atoms with E-state index in [2.05, 4.69) is 4.90 Å². The van der Waals surface area contributed by atoms with Crippen molar-refractivity contribution in [2.45, 2.75) is 19.8 Å². The molecule has 1 aromatic rings. The molecule has 1 heterocycles. The molecule has 1 aromatic carbocycles. The van der Waals surface area contributed by atoms with Crippen LogP contribution in [0.25, 0.3) is 0 Å². The van der Waals surface area contributed by atoms with Gasteiger partial charge in [0, 0.05) is 25.8 Å².